The molecule has 0 bridgehead atoms. The molecular weight excluding hydrogens is 304 g/mol. The predicted octanol–water partition coefficient (Wildman–Crippen LogP) is 4.52. The van der Waals surface area contributed by atoms with E-state index in [1.54, 1.807) is 0 Å². The van der Waals surface area contributed by atoms with E-state index in [-0.39, 0.29) is 0 Å². The Morgan fingerprint density at radius 2 is 1.88 bits per heavy atom. The van der Waals surface area contributed by atoms with Crippen LogP contribution in [-0.4, -0.2) is 25.7 Å². The highest BCUT2D eigenvalue weighted by molar-refractivity contribution is 5.27. The Morgan fingerprint density at radius 1 is 1.08 bits per heavy atom. The Labute approximate surface area is 154 Å². The number of nitrogens with one attached hydrogen (secondary N) is 2. The molecule has 0 radical (unpaired) electrons. The Morgan fingerprint density at radius 3 is 2.68 bits per heavy atom. The van der Waals surface area contributed by atoms with Crippen molar-refractivity contribution in [2.45, 2.75) is 84.2 Å². The van der Waals surface area contributed by atoms with Crippen LogP contribution in [0.3, 0.4) is 0 Å². The molecule has 5 aliphatic rings. The van der Waals surface area contributed by atoms with Crippen LogP contribution in [0.1, 0.15) is 72.1 Å². The zero-order chi connectivity index (χ0) is 17.4. The highest BCUT2D eigenvalue weighted by Crippen LogP contribution is 2.71. The average Bonchev–Trinajstić information content (AvgIpc) is 3.05. The SMILES string of the molecule is CN[C@H]1CC[C@@]2(C)C(=CC[C@H]3[C@@H]4CC[C@]5(C)[C@H](C)NC[C@]45CC[C@@H]32)C1. The van der Waals surface area contributed by atoms with Crippen molar-refractivity contribution in [1.29, 1.82) is 0 Å². The Kier molecular flexibility index (Phi) is 3.60. The van der Waals surface area contributed by atoms with Gasteiger partial charge in [0.15, 0.2) is 0 Å². The summed E-state index contributed by atoms with van der Waals surface area (Å²) in [5.74, 6) is 2.90. The van der Waals surface area contributed by atoms with Gasteiger partial charge in [0.2, 0.25) is 0 Å². The fourth-order valence-electron chi connectivity index (χ4n) is 8.66. The molecule has 25 heavy (non-hydrogen) atoms. The number of allylic oxidation sites excluding steroid dienone is 1. The van der Waals surface area contributed by atoms with Gasteiger partial charge >= 0.3 is 0 Å². The highest BCUT2D eigenvalue weighted by atomic mass is 15.0. The van der Waals surface area contributed by atoms with Crippen LogP contribution in [-0.2, 0) is 0 Å². The fraction of sp³-hybridized carbons (Fsp3) is 0.913. The van der Waals surface area contributed by atoms with E-state index >= 15 is 0 Å². The molecule has 4 fully saturated rings. The number of hydrogen-bond donors (Lipinski definition) is 2. The summed E-state index contributed by atoms with van der Waals surface area (Å²) in [7, 11) is 2.15. The zero-order valence-electron chi connectivity index (χ0n) is 16.8. The second kappa shape index (κ2) is 5.35. The first-order valence-electron chi connectivity index (χ1n) is 11.0. The second-order valence-electron chi connectivity index (χ2n) is 10.7. The smallest absolute Gasteiger partial charge is 0.0102 e. The van der Waals surface area contributed by atoms with E-state index in [4.69, 9.17) is 0 Å². The number of hydrogen-bond acceptors (Lipinski definition) is 2. The maximum Gasteiger partial charge on any atom is 0.0102 e. The second-order valence-corrected chi connectivity index (χ2v) is 10.7. The van der Waals surface area contributed by atoms with E-state index in [2.05, 4.69) is 44.5 Å². The summed E-state index contributed by atoms with van der Waals surface area (Å²) in [5, 5.41) is 7.46. The Hall–Kier alpha value is -0.340. The maximum atomic E-state index is 3.90. The van der Waals surface area contributed by atoms with E-state index in [1.165, 1.54) is 57.9 Å². The predicted molar refractivity (Wildman–Crippen MR) is 104 cm³/mol. The molecule has 3 saturated carbocycles. The van der Waals surface area contributed by atoms with Gasteiger partial charge in [-0.15, -0.1) is 0 Å². The molecule has 2 heteroatoms. The summed E-state index contributed by atoms with van der Waals surface area (Å²) in [5.41, 5.74) is 3.48. The third-order valence-electron chi connectivity index (χ3n) is 10.5. The molecule has 8 atom stereocenters. The van der Waals surface area contributed by atoms with Crippen LogP contribution in [0.2, 0.25) is 0 Å². The van der Waals surface area contributed by atoms with Gasteiger partial charge in [-0.1, -0.05) is 25.5 Å². The minimum atomic E-state index is 0.508. The zero-order valence-corrected chi connectivity index (χ0v) is 16.8. The summed E-state index contributed by atoms with van der Waals surface area (Å²) in [6.07, 6.45) is 14.1. The third-order valence-corrected chi connectivity index (χ3v) is 10.5. The molecule has 2 N–H and O–H groups in total. The van der Waals surface area contributed by atoms with Crippen molar-refractivity contribution in [3.05, 3.63) is 11.6 Å². The van der Waals surface area contributed by atoms with Crippen molar-refractivity contribution in [1.82, 2.24) is 10.6 Å². The normalized spacial score (nSPS) is 57.3. The van der Waals surface area contributed by atoms with Crippen LogP contribution in [0.5, 0.6) is 0 Å². The highest BCUT2D eigenvalue weighted by Gasteiger charge is 2.67. The number of fused-ring (bicyclic) bond motifs is 4. The molecule has 0 aromatic carbocycles. The van der Waals surface area contributed by atoms with Crippen LogP contribution in [0.15, 0.2) is 11.6 Å². The van der Waals surface area contributed by atoms with Crippen molar-refractivity contribution >= 4 is 0 Å². The first-order valence-corrected chi connectivity index (χ1v) is 11.0. The molecular formula is C23H38N2. The Balaban J connectivity index is 1.49. The molecule has 5 rings (SSSR count). The lowest BCUT2D eigenvalue weighted by molar-refractivity contribution is -0.0595. The van der Waals surface area contributed by atoms with Gasteiger partial charge in [0, 0.05) is 18.6 Å². The molecule has 4 aliphatic carbocycles. The van der Waals surface area contributed by atoms with Crippen LogP contribution >= 0.6 is 0 Å². The van der Waals surface area contributed by atoms with E-state index in [9.17, 15) is 0 Å². The van der Waals surface area contributed by atoms with Gasteiger partial charge < -0.3 is 10.6 Å². The van der Waals surface area contributed by atoms with Gasteiger partial charge in [-0.05, 0) is 99.3 Å². The molecule has 2 nitrogen and oxygen atoms in total. The van der Waals surface area contributed by atoms with Crippen LogP contribution < -0.4 is 10.6 Å². The topological polar surface area (TPSA) is 24.1 Å². The van der Waals surface area contributed by atoms with Crippen LogP contribution in [0, 0.1) is 34.0 Å². The molecule has 1 aliphatic heterocycles. The van der Waals surface area contributed by atoms with E-state index in [0.717, 1.165) is 23.8 Å². The average molecular weight is 343 g/mol. The molecule has 1 saturated heterocycles. The minimum absolute atomic E-state index is 0.508. The first-order chi connectivity index (χ1) is 11.9. The van der Waals surface area contributed by atoms with Gasteiger partial charge in [-0.25, -0.2) is 0 Å². The summed E-state index contributed by atoms with van der Waals surface area (Å²) in [6, 6.07) is 1.44. The molecule has 140 valence electrons. The molecule has 1 heterocycles. The molecule has 1 spiro atoms. The molecule has 0 aromatic rings. The van der Waals surface area contributed by atoms with E-state index in [1.807, 2.05) is 5.57 Å². The standard InChI is InChI=1S/C23H38N2/c1-15-22(3)11-8-20-18-6-5-16-13-17(24-4)7-10-21(16,2)19(18)9-12-23(20,22)14-25-15/h5,15,17-20,24-25H,6-14H2,1-4H3/t15-,17-,18+,19-,20-,21-,22+,23+/m0/s1. The van der Waals surface area contributed by atoms with E-state index < -0.39 is 0 Å². The number of rotatable bonds is 1. The van der Waals surface area contributed by atoms with Crippen molar-refractivity contribution in [2.24, 2.45) is 34.0 Å². The van der Waals surface area contributed by atoms with Crippen molar-refractivity contribution in [3.63, 3.8) is 0 Å². The lowest BCUT2D eigenvalue weighted by Gasteiger charge is -2.59. The Bertz CT molecular complexity index is 597. The maximum absolute atomic E-state index is 3.90. The molecule has 0 unspecified atom stereocenters. The van der Waals surface area contributed by atoms with E-state index in [0.29, 0.717) is 22.3 Å². The first kappa shape index (κ1) is 16.8. The van der Waals surface area contributed by atoms with Gasteiger partial charge in [0.05, 0.1) is 0 Å². The van der Waals surface area contributed by atoms with Crippen molar-refractivity contribution < 1.29 is 0 Å². The van der Waals surface area contributed by atoms with Gasteiger partial charge in [0.1, 0.15) is 0 Å². The fourth-order valence-corrected chi connectivity index (χ4v) is 8.66. The minimum Gasteiger partial charge on any atom is -0.317 e. The summed E-state index contributed by atoms with van der Waals surface area (Å²) >= 11 is 0. The summed E-state index contributed by atoms with van der Waals surface area (Å²) < 4.78 is 0. The largest absolute Gasteiger partial charge is 0.317 e. The summed E-state index contributed by atoms with van der Waals surface area (Å²) in [6.45, 7) is 9.03. The van der Waals surface area contributed by atoms with Gasteiger partial charge in [-0.3, -0.25) is 0 Å². The lowest BCUT2D eigenvalue weighted by Crippen LogP contribution is -2.53. The molecule has 0 amide bonds. The van der Waals surface area contributed by atoms with Crippen LogP contribution in [0.25, 0.3) is 0 Å². The molecule has 0 aromatic heterocycles. The van der Waals surface area contributed by atoms with Crippen molar-refractivity contribution in [3.8, 4) is 0 Å². The third kappa shape index (κ3) is 1.94. The van der Waals surface area contributed by atoms with Crippen LogP contribution in [0.4, 0.5) is 0 Å². The summed E-state index contributed by atoms with van der Waals surface area (Å²) in [4.78, 5) is 0. The quantitative estimate of drug-likeness (QED) is 0.685. The lowest BCUT2D eigenvalue weighted by atomic mass is 9.45. The van der Waals surface area contributed by atoms with Gasteiger partial charge in [0.25, 0.3) is 0 Å². The van der Waals surface area contributed by atoms with Gasteiger partial charge in [-0.2, -0.15) is 0 Å². The monoisotopic (exact) mass is 342 g/mol. The van der Waals surface area contributed by atoms with Crippen molar-refractivity contribution in [2.75, 3.05) is 13.6 Å².